The van der Waals surface area contributed by atoms with E-state index in [1.807, 2.05) is 0 Å². The van der Waals surface area contributed by atoms with Gasteiger partial charge in [-0.05, 0) is 17.7 Å². The normalized spacial score (nSPS) is 10.7. The number of rotatable bonds is 11. The molecule has 0 saturated carbocycles. The van der Waals surface area contributed by atoms with Crippen LogP contribution < -0.4 is 0 Å². The average Bonchev–Trinajstić information content (AvgIpc) is 2.42. The van der Waals surface area contributed by atoms with Crippen LogP contribution in [0.5, 0.6) is 0 Å². The van der Waals surface area contributed by atoms with Crippen LogP contribution in [0.15, 0.2) is 30.3 Å². The minimum absolute atomic E-state index is 1.18. The summed E-state index contributed by atoms with van der Waals surface area (Å²) in [5.74, 6) is 2.50. The standard InChI is InChI=1S/C17H28S/c1-2-3-4-5-6-7-8-12-15-18-16-17-13-10-9-11-14-17/h9-11,13-14H,2-8,12,15-16H2,1H3. The molecule has 0 aromatic heterocycles. The predicted molar refractivity (Wildman–Crippen MR) is 85.2 cm³/mol. The SMILES string of the molecule is CCCCCCCCCCSCc1ccccc1. The van der Waals surface area contributed by atoms with Crippen molar-refractivity contribution in [2.75, 3.05) is 5.75 Å². The molecule has 1 aromatic carbocycles. The van der Waals surface area contributed by atoms with Gasteiger partial charge in [-0.3, -0.25) is 0 Å². The van der Waals surface area contributed by atoms with Gasteiger partial charge in [0.1, 0.15) is 0 Å². The van der Waals surface area contributed by atoms with Gasteiger partial charge in [0.05, 0.1) is 0 Å². The van der Waals surface area contributed by atoms with Crippen molar-refractivity contribution < 1.29 is 0 Å². The third-order valence-corrected chi connectivity index (χ3v) is 4.37. The van der Waals surface area contributed by atoms with Gasteiger partial charge in [-0.15, -0.1) is 0 Å². The summed E-state index contributed by atoms with van der Waals surface area (Å²) in [7, 11) is 0. The minimum Gasteiger partial charge on any atom is -0.157 e. The summed E-state index contributed by atoms with van der Waals surface area (Å²) in [6.45, 7) is 2.28. The quantitative estimate of drug-likeness (QED) is 0.438. The maximum absolute atomic E-state index is 2.28. The Morgan fingerprint density at radius 2 is 1.39 bits per heavy atom. The van der Waals surface area contributed by atoms with Crippen LogP contribution in [-0.4, -0.2) is 5.75 Å². The summed E-state index contributed by atoms with van der Waals surface area (Å²) in [6, 6.07) is 10.8. The van der Waals surface area contributed by atoms with E-state index < -0.39 is 0 Å². The molecule has 0 N–H and O–H groups in total. The molecule has 1 aromatic rings. The Labute approximate surface area is 118 Å². The average molecular weight is 264 g/mol. The lowest BCUT2D eigenvalue weighted by molar-refractivity contribution is 0.586. The molecule has 0 fully saturated rings. The van der Waals surface area contributed by atoms with E-state index >= 15 is 0 Å². The van der Waals surface area contributed by atoms with E-state index in [0.717, 1.165) is 0 Å². The van der Waals surface area contributed by atoms with Crippen molar-refractivity contribution in [3.63, 3.8) is 0 Å². The molecular formula is C17H28S. The van der Waals surface area contributed by atoms with Gasteiger partial charge >= 0.3 is 0 Å². The fourth-order valence-corrected chi connectivity index (χ4v) is 3.08. The lowest BCUT2D eigenvalue weighted by Gasteiger charge is -2.03. The molecule has 0 radical (unpaired) electrons. The van der Waals surface area contributed by atoms with Gasteiger partial charge in [0.25, 0.3) is 0 Å². The largest absolute Gasteiger partial charge is 0.157 e. The Morgan fingerprint density at radius 1 is 0.778 bits per heavy atom. The van der Waals surface area contributed by atoms with Gasteiger partial charge in [0, 0.05) is 5.75 Å². The summed E-state index contributed by atoms with van der Waals surface area (Å²) in [4.78, 5) is 0. The molecule has 0 aliphatic carbocycles. The first-order valence-electron chi connectivity index (χ1n) is 7.55. The Balaban J connectivity index is 1.82. The summed E-state index contributed by atoms with van der Waals surface area (Å²) in [5, 5.41) is 0. The molecule has 1 heteroatoms. The lowest BCUT2D eigenvalue weighted by Crippen LogP contribution is -1.85. The van der Waals surface area contributed by atoms with Crippen molar-refractivity contribution in [3.8, 4) is 0 Å². The van der Waals surface area contributed by atoms with Gasteiger partial charge in [0.2, 0.25) is 0 Å². The van der Waals surface area contributed by atoms with Crippen LogP contribution in [0.3, 0.4) is 0 Å². The summed E-state index contributed by atoms with van der Waals surface area (Å²) in [5.41, 5.74) is 1.46. The smallest absolute Gasteiger partial charge is 0.0184 e. The zero-order valence-corrected chi connectivity index (χ0v) is 12.7. The van der Waals surface area contributed by atoms with Gasteiger partial charge in [-0.25, -0.2) is 0 Å². The Morgan fingerprint density at radius 3 is 2.06 bits per heavy atom. The monoisotopic (exact) mass is 264 g/mol. The summed E-state index contributed by atoms with van der Waals surface area (Å²) >= 11 is 2.08. The molecule has 0 atom stereocenters. The van der Waals surface area contributed by atoms with Crippen LogP contribution in [0.4, 0.5) is 0 Å². The molecule has 0 bridgehead atoms. The van der Waals surface area contributed by atoms with Crippen molar-refractivity contribution in [1.29, 1.82) is 0 Å². The number of unbranched alkanes of at least 4 members (excludes halogenated alkanes) is 7. The van der Waals surface area contributed by atoms with E-state index in [0.29, 0.717) is 0 Å². The Kier molecular flexibility index (Phi) is 10.1. The van der Waals surface area contributed by atoms with E-state index in [1.165, 1.54) is 68.4 Å². The highest BCUT2D eigenvalue weighted by molar-refractivity contribution is 7.98. The number of benzene rings is 1. The highest BCUT2D eigenvalue weighted by Crippen LogP contribution is 2.15. The maximum atomic E-state index is 2.28. The van der Waals surface area contributed by atoms with Crippen molar-refractivity contribution in [3.05, 3.63) is 35.9 Å². The van der Waals surface area contributed by atoms with Crippen LogP contribution in [0.1, 0.15) is 63.9 Å². The molecule has 0 unspecified atom stereocenters. The number of thioether (sulfide) groups is 1. The number of hydrogen-bond donors (Lipinski definition) is 0. The molecule has 0 spiro atoms. The van der Waals surface area contributed by atoms with E-state index in [2.05, 4.69) is 49.0 Å². The first-order chi connectivity index (χ1) is 8.93. The van der Waals surface area contributed by atoms with Crippen LogP contribution in [0.2, 0.25) is 0 Å². The van der Waals surface area contributed by atoms with Gasteiger partial charge < -0.3 is 0 Å². The van der Waals surface area contributed by atoms with E-state index in [9.17, 15) is 0 Å². The zero-order valence-electron chi connectivity index (χ0n) is 11.9. The molecular weight excluding hydrogens is 236 g/mol. The predicted octanol–water partition coefficient (Wildman–Crippen LogP) is 6.06. The van der Waals surface area contributed by atoms with Crippen LogP contribution in [-0.2, 0) is 5.75 Å². The van der Waals surface area contributed by atoms with E-state index in [1.54, 1.807) is 0 Å². The fraction of sp³-hybridized carbons (Fsp3) is 0.647. The van der Waals surface area contributed by atoms with Crippen molar-refractivity contribution >= 4 is 11.8 Å². The first kappa shape index (κ1) is 15.6. The maximum Gasteiger partial charge on any atom is 0.0184 e. The highest BCUT2D eigenvalue weighted by atomic mass is 32.2. The molecule has 0 amide bonds. The van der Waals surface area contributed by atoms with Crippen molar-refractivity contribution in [2.24, 2.45) is 0 Å². The van der Waals surface area contributed by atoms with E-state index in [-0.39, 0.29) is 0 Å². The Hall–Kier alpha value is -0.430. The van der Waals surface area contributed by atoms with Gasteiger partial charge in [0.15, 0.2) is 0 Å². The molecule has 1 rings (SSSR count). The van der Waals surface area contributed by atoms with Crippen LogP contribution in [0, 0.1) is 0 Å². The van der Waals surface area contributed by atoms with Crippen LogP contribution >= 0.6 is 11.8 Å². The topological polar surface area (TPSA) is 0 Å². The second-order valence-corrected chi connectivity index (χ2v) is 6.12. The van der Waals surface area contributed by atoms with Crippen LogP contribution in [0.25, 0.3) is 0 Å². The highest BCUT2D eigenvalue weighted by Gasteiger charge is 1.94. The van der Waals surface area contributed by atoms with E-state index in [4.69, 9.17) is 0 Å². The fourth-order valence-electron chi connectivity index (χ4n) is 2.10. The Bertz CT molecular complexity index is 268. The third kappa shape index (κ3) is 8.63. The number of hydrogen-bond acceptors (Lipinski definition) is 1. The van der Waals surface area contributed by atoms with Crippen molar-refractivity contribution in [2.45, 2.75) is 64.0 Å². The summed E-state index contributed by atoms with van der Waals surface area (Å²) in [6.07, 6.45) is 11.4. The molecule has 18 heavy (non-hydrogen) atoms. The van der Waals surface area contributed by atoms with Crippen molar-refractivity contribution in [1.82, 2.24) is 0 Å². The zero-order chi connectivity index (χ0) is 12.9. The second kappa shape index (κ2) is 11.6. The first-order valence-corrected chi connectivity index (χ1v) is 8.70. The molecule has 0 saturated heterocycles. The second-order valence-electron chi connectivity index (χ2n) is 5.01. The third-order valence-electron chi connectivity index (χ3n) is 3.25. The molecule has 0 nitrogen and oxygen atoms in total. The molecule has 0 heterocycles. The summed E-state index contributed by atoms with van der Waals surface area (Å²) < 4.78 is 0. The molecule has 0 aliphatic rings. The van der Waals surface area contributed by atoms with Gasteiger partial charge in [-0.1, -0.05) is 82.2 Å². The minimum atomic E-state index is 1.18. The van der Waals surface area contributed by atoms with Gasteiger partial charge in [-0.2, -0.15) is 11.8 Å². The molecule has 102 valence electrons. The molecule has 0 aliphatic heterocycles. The lowest BCUT2D eigenvalue weighted by atomic mass is 10.1.